The second-order valence-corrected chi connectivity index (χ2v) is 5.47. The Kier molecular flexibility index (Phi) is 4.74. The Labute approximate surface area is 118 Å². The molecule has 3 heteroatoms. The average molecular weight is 273 g/mol. The lowest BCUT2D eigenvalue weighted by molar-refractivity contribution is -0.121. The summed E-state index contributed by atoms with van der Waals surface area (Å²) in [7, 11) is 0. The molecule has 1 unspecified atom stereocenters. The van der Waals surface area contributed by atoms with Crippen LogP contribution in [0.4, 0.5) is 0 Å². The number of rotatable bonds is 5. The van der Waals surface area contributed by atoms with Crippen LogP contribution in [-0.2, 0) is 17.6 Å². The molecule has 0 spiro atoms. The third-order valence-electron chi connectivity index (χ3n) is 3.21. The summed E-state index contributed by atoms with van der Waals surface area (Å²) in [6.45, 7) is 4.16. The molecule has 1 aromatic heterocycles. The van der Waals surface area contributed by atoms with Crippen molar-refractivity contribution in [3.63, 3.8) is 0 Å². The molecule has 100 valence electrons. The maximum Gasteiger partial charge on any atom is 0.224 e. The quantitative estimate of drug-likeness (QED) is 0.883. The molecule has 0 fully saturated rings. The van der Waals surface area contributed by atoms with E-state index in [-0.39, 0.29) is 11.9 Å². The molecule has 0 radical (unpaired) electrons. The Bertz CT molecular complexity index is 516. The van der Waals surface area contributed by atoms with Gasteiger partial charge in [0, 0.05) is 0 Å². The fraction of sp³-hybridized carbons (Fsp3) is 0.312. The summed E-state index contributed by atoms with van der Waals surface area (Å²) in [4.78, 5) is 11.9. The largest absolute Gasteiger partial charge is 0.349 e. The molecule has 0 aliphatic carbocycles. The van der Waals surface area contributed by atoms with Crippen LogP contribution in [0.3, 0.4) is 0 Å². The van der Waals surface area contributed by atoms with Crippen molar-refractivity contribution in [3.05, 3.63) is 57.8 Å². The molecule has 2 nitrogen and oxygen atoms in total. The number of amides is 1. The maximum absolute atomic E-state index is 11.9. The van der Waals surface area contributed by atoms with Crippen LogP contribution >= 0.6 is 11.3 Å². The van der Waals surface area contributed by atoms with Gasteiger partial charge >= 0.3 is 0 Å². The van der Waals surface area contributed by atoms with Crippen LogP contribution in [0.5, 0.6) is 0 Å². The van der Waals surface area contributed by atoms with Crippen molar-refractivity contribution < 1.29 is 4.79 Å². The lowest BCUT2D eigenvalue weighted by atomic mass is 10.0. The van der Waals surface area contributed by atoms with E-state index in [0.717, 1.165) is 17.5 Å². The summed E-state index contributed by atoms with van der Waals surface area (Å²) < 4.78 is 0. The van der Waals surface area contributed by atoms with Gasteiger partial charge in [-0.2, -0.15) is 11.3 Å². The van der Waals surface area contributed by atoms with Crippen LogP contribution in [0, 0.1) is 0 Å². The molecule has 2 aromatic rings. The van der Waals surface area contributed by atoms with Gasteiger partial charge in [0.2, 0.25) is 5.91 Å². The minimum Gasteiger partial charge on any atom is -0.349 e. The smallest absolute Gasteiger partial charge is 0.224 e. The molecule has 1 amide bonds. The lowest BCUT2D eigenvalue weighted by Gasteiger charge is -2.14. The van der Waals surface area contributed by atoms with Crippen molar-refractivity contribution in [2.45, 2.75) is 32.7 Å². The van der Waals surface area contributed by atoms with Gasteiger partial charge in [0.1, 0.15) is 0 Å². The summed E-state index contributed by atoms with van der Waals surface area (Å²) in [5.41, 5.74) is 3.55. The zero-order valence-electron chi connectivity index (χ0n) is 11.3. The van der Waals surface area contributed by atoms with E-state index < -0.39 is 0 Å². The van der Waals surface area contributed by atoms with Crippen molar-refractivity contribution in [2.75, 3.05) is 0 Å². The first-order valence-electron chi connectivity index (χ1n) is 6.58. The maximum atomic E-state index is 11.9. The molecule has 1 atom stereocenters. The van der Waals surface area contributed by atoms with Gasteiger partial charge in [-0.15, -0.1) is 0 Å². The average Bonchev–Trinajstić information content (AvgIpc) is 2.91. The number of thiophene rings is 1. The molecule has 2 rings (SSSR count). The number of nitrogens with one attached hydrogen (secondary N) is 1. The Balaban J connectivity index is 1.92. The number of carbonyl (C=O) groups is 1. The zero-order chi connectivity index (χ0) is 13.7. The molecule has 1 heterocycles. The monoisotopic (exact) mass is 273 g/mol. The Hall–Kier alpha value is -1.61. The van der Waals surface area contributed by atoms with Crippen molar-refractivity contribution in [1.82, 2.24) is 5.32 Å². The highest BCUT2D eigenvalue weighted by molar-refractivity contribution is 7.07. The predicted molar refractivity (Wildman–Crippen MR) is 80.4 cm³/mol. The van der Waals surface area contributed by atoms with Crippen LogP contribution in [-0.4, -0.2) is 5.91 Å². The van der Waals surface area contributed by atoms with Crippen LogP contribution in [0.2, 0.25) is 0 Å². The van der Waals surface area contributed by atoms with Gasteiger partial charge in [0.15, 0.2) is 0 Å². The summed E-state index contributed by atoms with van der Waals surface area (Å²) in [6.07, 6.45) is 1.50. The summed E-state index contributed by atoms with van der Waals surface area (Å²) in [5, 5.41) is 7.05. The first-order chi connectivity index (χ1) is 9.19. The number of hydrogen-bond donors (Lipinski definition) is 1. The van der Waals surface area contributed by atoms with Gasteiger partial charge in [0.05, 0.1) is 12.5 Å². The van der Waals surface area contributed by atoms with Gasteiger partial charge in [-0.1, -0.05) is 31.2 Å². The van der Waals surface area contributed by atoms with Crippen molar-refractivity contribution in [1.29, 1.82) is 0 Å². The minimum atomic E-state index is 0.0528. The normalized spacial score (nSPS) is 12.1. The van der Waals surface area contributed by atoms with Gasteiger partial charge in [-0.25, -0.2) is 0 Å². The first-order valence-corrected chi connectivity index (χ1v) is 7.52. The topological polar surface area (TPSA) is 29.1 Å². The van der Waals surface area contributed by atoms with E-state index in [4.69, 9.17) is 0 Å². The fourth-order valence-electron chi connectivity index (χ4n) is 2.00. The second-order valence-electron chi connectivity index (χ2n) is 4.69. The molecule has 0 aliphatic rings. The van der Waals surface area contributed by atoms with E-state index in [1.807, 2.05) is 23.8 Å². The highest BCUT2D eigenvalue weighted by atomic mass is 32.1. The van der Waals surface area contributed by atoms with E-state index in [9.17, 15) is 4.79 Å². The Morgan fingerprint density at radius 2 is 1.95 bits per heavy atom. The number of hydrogen-bond acceptors (Lipinski definition) is 2. The van der Waals surface area contributed by atoms with E-state index in [2.05, 4.69) is 36.5 Å². The van der Waals surface area contributed by atoms with E-state index in [1.54, 1.807) is 11.3 Å². The molecule has 0 bridgehead atoms. The molecular formula is C16H19NOS. The lowest BCUT2D eigenvalue weighted by Crippen LogP contribution is -2.27. The van der Waals surface area contributed by atoms with E-state index in [0.29, 0.717) is 6.42 Å². The van der Waals surface area contributed by atoms with Gasteiger partial charge in [0.25, 0.3) is 0 Å². The number of aryl methyl sites for hydroxylation is 1. The SMILES string of the molecule is CCc1ccc(C(C)NC(=O)Cc2ccsc2)cc1. The van der Waals surface area contributed by atoms with E-state index in [1.165, 1.54) is 5.56 Å². The van der Waals surface area contributed by atoms with Crippen LogP contribution < -0.4 is 5.32 Å². The Morgan fingerprint density at radius 3 is 2.53 bits per heavy atom. The summed E-state index contributed by atoms with van der Waals surface area (Å²) in [6, 6.07) is 10.5. The van der Waals surface area contributed by atoms with Crippen LogP contribution in [0.1, 0.15) is 36.6 Å². The van der Waals surface area contributed by atoms with Crippen LogP contribution in [0.25, 0.3) is 0 Å². The standard InChI is InChI=1S/C16H19NOS/c1-3-13-4-6-15(7-5-13)12(2)17-16(18)10-14-8-9-19-11-14/h4-9,11-12H,3,10H2,1-2H3,(H,17,18). The Morgan fingerprint density at radius 1 is 1.21 bits per heavy atom. The van der Waals surface area contributed by atoms with Gasteiger partial charge < -0.3 is 5.32 Å². The van der Waals surface area contributed by atoms with Crippen molar-refractivity contribution in [3.8, 4) is 0 Å². The molecule has 1 aromatic carbocycles. The van der Waals surface area contributed by atoms with Crippen molar-refractivity contribution >= 4 is 17.2 Å². The van der Waals surface area contributed by atoms with Gasteiger partial charge in [-0.05, 0) is 46.9 Å². The van der Waals surface area contributed by atoms with Gasteiger partial charge in [-0.3, -0.25) is 4.79 Å². The molecule has 1 N–H and O–H groups in total. The highest BCUT2D eigenvalue weighted by Crippen LogP contribution is 2.14. The highest BCUT2D eigenvalue weighted by Gasteiger charge is 2.10. The zero-order valence-corrected chi connectivity index (χ0v) is 12.2. The number of carbonyl (C=O) groups excluding carboxylic acids is 1. The first kappa shape index (κ1) is 13.8. The summed E-state index contributed by atoms with van der Waals surface area (Å²) >= 11 is 1.62. The minimum absolute atomic E-state index is 0.0528. The molecule has 0 saturated heterocycles. The molecule has 0 saturated carbocycles. The predicted octanol–water partition coefficient (Wildman–Crippen LogP) is 3.73. The fourth-order valence-corrected chi connectivity index (χ4v) is 2.67. The number of benzene rings is 1. The second kappa shape index (κ2) is 6.53. The third-order valence-corrected chi connectivity index (χ3v) is 3.94. The van der Waals surface area contributed by atoms with Crippen molar-refractivity contribution in [2.24, 2.45) is 0 Å². The van der Waals surface area contributed by atoms with E-state index >= 15 is 0 Å². The van der Waals surface area contributed by atoms with Crippen LogP contribution in [0.15, 0.2) is 41.1 Å². The molecule has 0 aliphatic heterocycles. The summed E-state index contributed by atoms with van der Waals surface area (Å²) in [5.74, 6) is 0.0745. The molecular weight excluding hydrogens is 254 g/mol. The third kappa shape index (κ3) is 3.93. The molecule has 19 heavy (non-hydrogen) atoms.